The Morgan fingerprint density at radius 1 is 1.17 bits per heavy atom. The van der Waals surface area contributed by atoms with E-state index < -0.39 is 17.5 Å². The Labute approximate surface area is 270 Å². The second-order valence-electron chi connectivity index (χ2n) is 12.0. The van der Waals surface area contributed by atoms with Crippen LogP contribution < -0.4 is 26.0 Å². The number of pyridine rings is 1. The number of para-hydroxylation sites is 1. The number of nitriles is 1. The summed E-state index contributed by atoms with van der Waals surface area (Å²) < 4.78 is 5.97. The van der Waals surface area contributed by atoms with Crippen molar-refractivity contribution in [2.45, 2.75) is 45.2 Å². The molecule has 1 atom stereocenters. The molecule has 4 N–H and O–H groups in total. The third-order valence-electron chi connectivity index (χ3n) is 7.75. The number of nitrogens with one attached hydrogen (secondary N) is 2. The molecule has 2 aliphatic rings. The van der Waals surface area contributed by atoms with Gasteiger partial charge in [-0.25, -0.2) is 9.78 Å². The third kappa shape index (κ3) is 6.15. The zero-order valence-electron chi connectivity index (χ0n) is 25.7. The maximum Gasteiger partial charge on any atom is 0.331 e. The van der Waals surface area contributed by atoms with Crippen molar-refractivity contribution in [3.05, 3.63) is 82.9 Å². The smallest absolute Gasteiger partial charge is 0.331 e. The van der Waals surface area contributed by atoms with Gasteiger partial charge in [-0.15, -0.1) is 11.3 Å². The van der Waals surface area contributed by atoms with Gasteiger partial charge in [-0.1, -0.05) is 18.2 Å². The van der Waals surface area contributed by atoms with Gasteiger partial charge in [0, 0.05) is 30.9 Å². The minimum atomic E-state index is -0.821. The van der Waals surface area contributed by atoms with Crippen molar-refractivity contribution in [3.63, 3.8) is 0 Å². The molecule has 234 valence electrons. The van der Waals surface area contributed by atoms with E-state index in [-0.39, 0.29) is 24.1 Å². The molecule has 1 saturated heterocycles. The molecule has 0 radical (unpaired) electrons. The monoisotopic (exact) mass is 635 g/mol. The van der Waals surface area contributed by atoms with Crippen LogP contribution in [-0.4, -0.2) is 52.4 Å². The van der Waals surface area contributed by atoms with Crippen LogP contribution in [0.15, 0.2) is 72.4 Å². The number of piperidine rings is 1. The lowest BCUT2D eigenvalue weighted by Crippen LogP contribution is -2.50. The molecule has 4 amide bonds. The Morgan fingerprint density at radius 3 is 2.67 bits per heavy atom. The molecule has 0 spiro atoms. The van der Waals surface area contributed by atoms with Crippen molar-refractivity contribution in [2.75, 3.05) is 23.3 Å². The van der Waals surface area contributed by atoms with Crippen LogP contribution in [0.1, 0.15) is 41.9 Å². The number of nitrogens with zero attached hydrogens (tertiary/aromatic N) is 4. The predicted molar refractivity (Wildman–Crippen MR) is 178 cm³/mol. The fourth-order valence-corrected chi connectivity index (χ4v) is 6.79. The topological polar surface area (TPSA) is 154 Å². The van der Waals surface area contributed by atoms with Crippen molar-refractivity contribution >= 4 is 56.5 Å². The number of likely N-dealkylation sites (tertiary alicyclic amines) is 1. The van der Waals surface area contributed by atoms with E-state index in [0.717, 1.165) is 5.56 Å². The lowest BCUT2D eigenvalue weighted by Gasteiger charge is -2.33. The molecule has 4 aromatic rings. The Kier molecular flexibility index (Phi) is 8.20. The number of urea groups is 1. The molecule has 2 aliphatic heterocycles. The highest BCUT2D eigenvalue weighted by Crippen LogP contribution is 2.46. The van der Waals surface area contributed by atoms with E-state index in [1.807, 2.05) is 61.5 Å². The molecule has 12 heteroatoms. The van der Waals surface area contributed by atoms with Gasteiger partial charge in [-0.05, 0) is 81.7 Å². The second kappa shape index (κ2) is 12.3. The summed E-state index contributed by atoms with van der Waals surface area (Å²) in [4.78, 5) is 49.0. The average Bonchev–Trinajstić information content (AvgIpc) is 3.40. The number of anilines is 3. The van der Waals surface area contributed by atoms with E-state index in [0.29, 0.717) is 63.0 Å². The van der Waals surface area contributed by atoms with E-state index >= 15 is 0 Å². The summed E-state index contributed by atoms with van der Waals surface area (Å²) in [7, 11) is 0. The van der Waals surface area contributed by atoms with Crippen LogP contribution in [0.5, 0.6) is 11.5 Å². The molecule has 0 saturated carbocycles. The molecule has 6 rings (SSSR count). The molecule has 0 bridgehead atoms. The van der Waals surface area contributed by atoms with Crippen molar-refractivity contribution in [3.8, 4) is 17.6 Å². The van der Waals surface area contributed by atoms with Crippen molar-refractivity contribution < 1.29 is 19.1 Å². The van der Waals surface area contributed by atoms with Gasteiger partial charge in [0.15, 0.2) is 0 Å². The molecule has 0 aliphatic carbocycles. The highest BCUT2D eigenvalue weighted by Gasteiger charge is 2.35. The van der Waals surface area contributed by atoms with Crippen LogP contribution in [0.2, 0.25) is 0 Å². The molecule has 11 nitrogen and oxygen atoms in total. The third-order valence-corrected chi connectivity index (χ3v) is 8.85. The van der Waals surface area contributed by atoms with E-state index in [4.69, 9.17) is 10.5 Å². The Morgan fingerprint density at radius 2 is 1.96 bits per heavy atom. The fourth-order valence-electron chi connectivity index (χ4n) is 5.77. The molecule has 2 aromatic carbocycles. The summed E-state index contributed by atoms with van der Waals surface area (Å²) in [5.41, 5.74) is 7.69. The number of aryl methyl sites for hydroxylation is 1. The summed E-state index contributed by atoms with van der Waals surface area (Å²) in [6.45, 7) is 6.06. The van der Waals surface area contributed by atoms with Gasteiger partial charge < -0.3 is 26.0 Å². The van der Waals surface area contributed by atoms with Crippen LogP contribution in [0.25, 0.3) is 10.2 Å². The number of aromatic nitrogens is 1. The van der Waals surface area contributed by atoms with Crippen molar-refractivity contribution in [2.24, 2.45) is 5.73 Å². The summed E-state index contributed by atoms with van der Waals surface area (Å²) in [5.74, 6) is 0.579. The number of carbonyl (C=O) groups is 3. The largest absolute Gasteiger partial charge is 0.457 e. The molecular weight excluding hydrogens is 602 g/mol. The quantitative estimate of drug-likeness (QED) is 0.167. The number of hydrogen-bond donors (Lipinski definition) is 3. The SMILES string of the molecule is Cc1cc(Oc2ccccc2)ccc1N1C(=O)Nc2c(C(=O)N[C@@H]3CCCN(C(=O)/C(C#N)=C\C(C)(C)N)C3)sc3nccc1c23. The number of hydrogen-bond acceptors (Lipinski definition) is 8. The Balaban J connectivity index is 1.24. The summed E-state index contributed by atoms with van der Waals surface area (Å²) >= 11 is 1.20. The first kappa shape index (κ1) is 30.8. The second-order valence-corrected chi connectivity index (χ2v) is 13.0. The van der Waals surface area contributed by atoms with Crippen LogP contribution in [0.4, 0.5) is 21.9 Å². The van der Waals surface area contributed by atoms with Gasteiger partial charge in [0.1, 0.15) is 32.8 Å². The Bertz CT molecular complexity index is 1920. The van der Waals surface area contributed by atoms with Crippen LogP contribution in [0.3, 0.4) is 0 Å². The zero-order chi connectivity index (χ0) is 32.6. The molecule has 46 heavy (non-hydrogen) atoms. The average molecular weight is 636 g/mol. The molecular formula is C34H33N7O4S. The van der Waals surface area contributed by atoms with Crippen molar-refractivity contribution in [1.29, 1.82) is 5.26 Å². The van der Waals surface area contributed by atoms with E-state index in [1.165, 1.54) is 17.4 Å². The van der Waals surface area contributed by atoms with E-state index in [1.54, 1.807) is 35.9 Å². The summed E-state index contributed by atoms with van der Waals surface area (Å²) in [5, 5.41) is 16.2. The normalized spacial score (nSPS) is 16.5. The molecule has 2 aromatic heterocycles. The maximum absolute atomic E-state index is 13.7. The van der Waals surface area contributed by atoms with E-state index in [2.05, 4.69) is 15.6 Å². The summed E-state index contributed by atoms with van der Waals surface area (Å²) in [6.07, 6.45) is 4.41. The summed E-state index contributed by atoms with van der Waals surface area (Å²) in [6, 6.07) is 18.0. The first-order valence-corrected chi connectivity index (χ1v) is 15.7. The lowest BCUT2D eigenvalue weighted by atomic mass is 10.0. The van der Waals surface area contributed by atoms with Gasteiger partial charge in [-0.2, -0.15) is 5.26 Å². The van der Waals surface area contributed by atoms with Gasteiger partial charge in [0.25, 0.3) is 11.8 Å². The minimum Gasteiger partial charge on any atom is -0.457 e. The molecule has 1 fully saturated rings. The number of nitrogens with two attached hydrogens (primary N) is 1. The molecule has 0 unspecified atom stereocenters. The standard InChI is InChI=1S/C34H33N7O4S/c1-20-16-24(45-23-9-5-4-6-10-23)11-12-25(20)41-26-13-14-37-31-27(26)28(39-33(41)44)29(46-31)30(42)38-22-8-7-15-40(19-22)32(43)21(18-35)17-34(2,3)36/h4-6,9-14,16-17,22H,7-8,15,19,36H2,1-3H3,(H,38,42)(H,39,44)/b21-17-/t22-/m1/s1. The number of carbonyl (C=O) groups excluding carboxylic acids is 3. The Hall–Kier alpha value is -5.25. The van der Waals surface area contributed by atoms with Gasteiger partial charge in [-0.3, -0.25) is 14.5 Å². The van der Waals surface area contributed by atoms with Crippen LogP contribution >= 0.6 is 11.3 Å². The highest BCUT2D eigenvalue weighted by atomic mass is 32.1. The minimum absolute atomic E-state index is 0.0205. The van der Waals surface area contributed by atoms with Crippen molar-refractivity contribution in [1.82, 2.24) is 15.2 Å². The van der Waals surface area contributed by atoms with Gasteiger partial charge >= 0.3 is 6.03 Å². The number of rotatable bonds is 7. The zero-order valence-corrected chi connectivity index (χ0v) is 26.5. The number of benzene rings is 2. The number of amides is 4. The first-order valence-electron chi connectivity index (χ1n) is 14.9. The number of thiophene rings is 1. The van der Waals surface area contributed by atoms with Crippen LogP contribution in [0, 0.1) is 18.3 Å². The molecule has 4 heterocycles. The first-order chi connectivity index (χ1) is 22.0. The van der Waals surface area contributed by atoms with Crippen LogP contribution in [-0.2, 0) is 4.79 Å². The van der Waals surface area contributed by atoms with Gasteiger partial charge in [0.05, 0.1) is 22.4 Å². The fraction of sp³-hybridized carbons (Fsp3) is 0.265. The lowest BCUT2D eigenvalue weighted by molar-refractivity contribution is -0.128. The van der Waals surface area contributed by atoms with E-state index in [9.17, 15) is 19.6 Å². The van der Waals surface area contributed by atoms with Gasteiger partial charge in [0.2, 0.25) is 0 Å². The predicted octanol–water partition coefficient (Wildman–Crippen LogP) is 5.99. The number of ether oxygens (including phenoxy) is 1. The maximum atomic E-state index is 13.7. The highest BCUT2D eigenvalue weighted by molar-refractivity contribution is 7.21.